The Morgan fingerprint density at radius 1 is 1.03 bits per heavy atom. The van der Waals surface area contributed by atoms with E-state index in [2.05, 4.69) is 24.2 Å². The predicted octanol–water partition coefficient (Wildman–Crippen LogP) is 4.02. The van der Waals surface area contributed by atoms with Gasteiger partial charge < -0.3 is 4.74 Å². The van der Waals surface area contributed by atoms with Gasteiger partial charge >= 0.3 is 0 Å². The number of ether oxygens (including phenoxy) is 1. The van der Waals surface area contributed by atoms with Crippen molar-refractivity contribution in [2.24, 2.45) is 40.6 Å². The van der Waals surface area contributed by atoms with E-state index in [1.165, 1.54) is 0 Å². The molecule has 5 heteroatoms. The van der Waals surface area contributed by atoms with Gasteiger partial charge in [-0.05, 0) is 53.4 Å². The van der Waals surface area contributed by atoms with E-state index in [1.54, 1.807) is 6.21 Å². The molecule has 1 saturated heterocycles. The Morgan fingerprint density at radius 2 is 1.73 bits per heavy atom. The summed E-state index contributed by atoms with van der Waals surface area (Å²) in [4.78, 5) is 26.3. The number of hydrogen-bond donors (Lipinski definition) is 0. The van der Waals surface area contributed by atoms with Crippen LogP contribution in [0.2, 0.25) is 0 Å². The fourth-order valence-corrected chi connectivity index (χ4v) is 5.92. The number of hydrazone groups is 1. The maximum atomic E-state index is 13.2. The van der Waals surface area contributed by atoms with Crippen LogP contribution in [0, 0.1) is 35.5 Å². The Bertz CT molecular complexity index is 1080. The van der Waals surface area contributed by atoms with Crippen molar-refractivity contribution in [1.29, 1.82) is 0 Å². The van der Waals surface area contributed by atoms with Crippen molar-refractivity contribution < 1.29 is 14.3 Å². The standard InChI is InChI=1S/C25H24N2O3/c1-2-11-30-21-10-7-14-5-3-4-6-15(14)20(21)13-26-27-24(28)22-16-8-9-17(19-12-18(16)19)23(22)25(27)29/h3-10,13,16-19,22-23H,2,11-12H2,1H3/b26-13-/t16-,17-,18-,19-,22+,23+/m0/s1. The molecule has 1 aliphatic heterocycles. The molecule has 5 aliphatic rings. The molecule has 6 atom stereocenters. The van der Waals surface area contributed by atoms with Gasteiger partial charge in [-0.3, -0.25) is 9.59 Å². The van der Waals surface area contributed by atoms with E-state index in [4.69, 9.17) is 4.74 Å². The van der Waals surface area contributed by atoms with Gasteiger partial charge in [0.15, 0.2) is 0 Å². The number of fused-ring (bicyclic) bond motifs is 1. The van der Waals surface area contributed by atoms with Gasteiger partial charge in [-0.25, -0.2) is 0 Å². The molecule has 0 spiro atoms. The zero-order chi connectivity index (χ0) is 20.4. The second-order valence-electron chi connectivity index (χ2n) is 8.93. The highest BCUT2D eigenvalue weighted by Crippen LogP contribution is 2.65. The number of nitrogens with zero attached hydrogens (tertiary/aromatic N) is 2. The smallest absolute Gasteiger partial charge is 0.254 e. The lowest BCUT2D eigenvalue weighted by Gasteiger charge is -2.37. The molecule has 5 nitrogen and oxygen atoms in total. The molecule has 2 saturated carbocycles. The van der Waals surface area contributed by atoms with E-state index in [0.717, 1.165) is 39.9 Å². The average molecular weight is 400 g/mol. The zero-order valence-electron chi connectivity index (χ0n) is 16.9. The predicted molar refractivity (Wildman–Crippen MR) is 114 cm³/mol. The molecule has 2 bridgehead atoms. The van der Waals surface area contributed by atoms with Crippen molar-refractivity contribution in [2.45, 2.75) is 19.8 Å². The molecule has 2 aromatic rings. The van der Waals surface area contributed by atoms with Crippen LogP contribution in [0.25, 0.3) is 10.8 Å². The third-order valence-electron chi connectivity index (χ3n) is 7.33. The second-order valence-corrected chi connectivity index (χ2v) is 8.93. The van der Waals surface area contributed by atoms with E-state index in [1.807, 2.05) is 36.4 Å². The average Bonchev–Trinajstić information content (AvgIpc) is 3.56. The molecule has 152 valence electrons. The quantitative estimate of drug-likeness (QED) is 0.433. The molecule has 3 fully saturated rings. The van der Waals surface area contributed by atoms with Gasteiger partial charge in [-0.15, -0.1) is 0 Å². The Balaban J connectivity index is 1.36. The third kappa shape index (κ3) is 2.44. The van der Waals surface area contributed by atoms with Crippen LogP contribution < -0.4 is 4.74 Å². The first-order chi connectivity index (χ1) is 14.7. The third-order valence-corrected chi connectivity index (χ3v) is 7.33. The number of carbonyl (C=O) groups excluding carboxylic acids is 2. The van der Waals surface area contributed by atoms with Crippen molar-refractivity contribution in [3.05, 3.63) is 54.1 Å². The van der Waals surface area contributed by atoms with Gasteiger partial charge in [-0.1, -0.05) is 49.4 Å². The molecule has 0 aromatic heterocycles. The Kier molecular flexibility index (Phi) is 3.89. The number of allylic oxidation sites excluding steroid dienone is 2. The van der Waals surface area contributed by atoms with Crippen LogP contribution in [0.4, 0.5) is 0 Å². The molecule has 0 unspecified atom stereocenters. The lowest BCUT2D eigenvalue weighted by Crippen LogP contribution is -2.40. The van der Waals surface area contributed by atoms with Crippen LogP contribution in [0.15, 0.2) is 53.7 Å². The van der Waals surface area contributed by atoms with Crippen LogP contribution >= 0.6 is 0 Å². The topological polar surface area (TPSA) is 59.0 Å². The first-order valence-electron chi connectivity index (χ1n) is 10.9. The van der Waals surface area contributed by atoms with Crippen molar-refractivity contribution in [1.82, 2.24) is 5.01 Å². The van der Waals surface area contributed by atoms with E-state index >= 15 is 0 Å². The summed E-state index contributed by atoms with van der Waals surface area (Å²) in [5, 5.41) is 7.64. The van der Waals surface area contributed by atoms with Gasteiger partial charge in [0.05, 0.1) is 24.7 Å². The Hall–Kier alpha value is -2.95. The molecule has 2 aromatic carbocycles. The van der Waals surface area contributed by atoms with Crippen LogP contribution in [-0.4, -0.2) is 29.6 Å². The minimum absolute atomic E-state index is 0.137. The number of rotatable bonds is 5. The van der Waals surface area contributed by atoms with Crippen LogP contribution in [0.3, 0.4) is 0 Å². The minimum Gasteiger partial charge on any atom is -0.493 e. The Labute approximate surface area is 175 Å². The maximum Gasteiger partial charge on any atom is 0.254 e. The highest BCUT2D eigenvalue weighted by Gasteiger charge is 2.67. The summed E-state index contributed by atoms with van der Waals surface area (Å²) < 4.78 is 5.93. The van der Waals surface area contributed by atoms with Crippen molar-refractivity contribution in [3.8, 4) is 5.75 Å². The van der Waals surface area contributed by atoms with Crippen LogP contribution in [-0.2, 0) is 9.59 Å². The molecular formula is C25H24N2O3. The van der Waals surface area contributed by atoms with Gasteiger partial charge in [0.2, 0.25) is 0 Å². The summed E-state index contributed by atoms with van der Waals surface area (Å²) in [7, 11) is 0. The summed E-state index contributed by atoms with van der Waals surface area (Å²) in [6.07, 6.45) is 8.05. The highest BCUT2D eigenvalue weighted by atomic mass is 16.5. The van der Waals surface area contributed by atoms with E-state index in [-0.39, 0.29) is 35.5 Å². The lowest BCUT2D eigenvalue weighted by molar-refractivity contribution is -0.140. The summed E-state index contributed by atoms with van der Waals surface area (Å²) in [5.74, 6) is 1.60. The monoisotopic (exact) mass is 400 g/mol. The number of amides is 2. The second kappa shape index (κ2) is 6.53. The molecule has 0 N–H and O–H groups in total. The van der Waals surface area contributed by atoms with E-state index in [9.17, 15) is 9.59 Å². The largest absolute Gasteiger partial charge is 0.493 e. The molecule has 0 radical (unpaired) electrons. The fraction of sp³-hybridized carbons (Fsp3) is 0.400. The van der Waals surface area contributed by atoms with Gasteiger partial charge in [0.1, 0.15) is 5.75 Å². The maximum absolute atomic E-state index is 13.2. The number of carbonyl (C=O) groups is 2. The molecule has 1 heterocycles. The lowest BCUT2D eigenvalue weighted by atomic mass is 9.63. The SMILES string of the molecule is CCCOc1ccc2ccccc2c1/C=N\N1C(=O)[C@@H]2[C@H]3C=C[C@@H]([C@@H]4C[C@@H]34)[C@H]2C1=O. The first-order valence-corrected chi connectivity index (χ1v) is 10.9. The van der Waals surface area contributed by atoms with Gasteiger partial charge in [0, 0.05) is 5.56 Å². The summed E-state index contributed by atoms with van der Waals surface area (Å²) in [5.41, 5.74) is 0.806. The number of imide groups is 1. The Morgan fingerprint density at radius 3 is 2.43 bits per heavy atom. The molecule has 4 aliphatic carbocycles. The van der Waals surface area contributed by atoms with Crippen LogP contribution in [0.1, 0.15) is 25.3 Å². The number of benzene rings is 2. The minimum atomic E-state index is -0.225. The van der Waals surface area contributed by atoms with E-state index < -0.39 is 0 Å². The van der Waals surface area contributed by atoms with Gasteiger partial charge in [0.25, 0.3) is 11.8 Å². The summed E-state index contributed by atoms with van der Waals surface area (Å²) in [6.45, 7) is 2.66. The zero-order valence-corrected chi connectivity index (χ0v) is 16.9. The van der Waals surface area contributed by atoms with Crippen molar-refractivity contribution >= 4 is 28.8 Å². The molecule has 30 heavy (non-hydrogen) atoms. The van der Waals surface area contributed by atoms with Crippen LogP contribution in [0.5, 0.6) is 5.75 Å². The van der Waals surface area contributed by atoms with Crippen molar-refractivity contribution in [2.75, 3.05) is 6.61 Å². The fourth-order valence-electron chi connectivity index (χ4n) is 5.92. The van der Waals surface area contributed by atoms with E-state index in [0.29, 0.717) is 18.4 Å². The molecule has 7 rings (SSSR count). The summed E-state index contributed by atoms with van der Waals surface area (Å²) in [6, 6.07) is 12.0. The number of hydrogen-bond acceptors (Lipinski definition) is 4. The molecule has 2 amide bonds. The highest BCUT2D eigenvalue weighted by molar-refractivity contribution is 6.08. The summed E-state index contributed by atoms with van der Waals surface area (Å²) >= 11 is 0. The molecular weight excluding hydrogens is 376 g/mol. The van der Waals surface area contributed by atoms with Crippen molar-refractivity contribution in [3.63, 3.8) is 0 Å². The first kappa shape index (κ1) is 17.9. The normalized spacial score (nSPS) is 33.4. The van der Waals surface area contributed by atoms with Gasteiger partial charge in [-0.2, -0.15) is 10.1 Å².